The summed E-state index contributed by atoms with van der Waals surface area (Å²) in [4.78, 5) is 0. The van der Waals surface area contributed by atoms with Gasteiger partial charge in [-0.05, 0) is 52.7 Å². The average molecular weight is 217 g/mol. The first-order valence-corrected chi connectivity index (χ1v) is 5.60. The summed E-state index contributed by atoms with van der Waals surface area (Å²) < 4.78 is 0. The monoisotopic (exact) mass is 217 g/mol. The van der Waals surface area contributed by atoms with Crippen LogP contribution in [0.15, 0.2) is 48.5 Å². The Kier molecular flexibility index (Phi) is 2.09. The molecule has 0 N–H and O–H groups in total. The van der Waals surface area contributed by atoms with E-state index in [2.05, 4.69) is 43.3 Å². The minimum atomic E-state index is 0.712. The van der Waals surface area contributed by atoms with Crippen molar-refractivity contribution in [2.45, 2.75) is 6.92 Å². The van der Waals surface area contributed by atoms with E-state index in [0.717, 1.165) is 5.39 Å². The second-order valence-corrected chi connectivity index (χ2v) is 4.38. The number of hydrogen-bond donors (Lipinski definition) is 0. The lowest BCUT2D eigenvalue weighted by molar-refractivity contribution is 1.49. The fourth-order valence-corrected chi connectivity index (χ4v) is 2.19. The van der Waals surface area contributed by atoms with E-state index in [-0.39, 0.29) is 0 Å². The third-order valence-electron chi connectivity index (χ3n) is 3.08. The summed E-state index contributed by atoms with van der Waals surface area (Å²) in [6, 6.07) is 18.7. The molecule has 0 saturated heterocycles. The van der Waals surface area contributed by atoms with Crippen LogP contribution in [0.2, 0.25) is 0 Å². The van der Waals surface area contributed by atoms with Gasteiger partial charge in [0.25, 0.3) is 0 Å². The molecule has 1 heteroatoms. The molecule has 0 heterocycles. The van der Waals surface area contributed by atoms with Gasteiger partial charge in [0.1, 0.15) is 0 Å². The standard InChI is InChI=1S/C16H11N/c1-11-2-4-13-9-16-7-12(10-17)3-5-14(16)8-15(13)6-11/h2-9H,1H3. The molecule has 0 aliphatic heterocycles. The molecule has 0 aliphatic carbocycles. The maximum Gasteiger partial charge on any atom is 0.0991 e. The molecule has 0 saturated carbocycles. The lowest BCUT2D eigenvalue weighted by Crippen LogP contribution is -1.80. The Balaban J connectivity index is 2.40. The van der Waals surface area contributed by atoms with E-state index in [0.29, 0.717) is 5.56 Å². The van der Waals surface area contributed by atoms with Crippen LogP contribution in [0, 0.1) is 18.3 Å². The largest absolute Gasteiger partial charge is 0.192 e. The average Bonchev–Trinajstić information content (AvgIpc) is 2.35. The molecule has 3 aromatic carbocycles. The predicted molar refractivity (Wildman–Crippen MR) is 70.9 cm³/mol. The predicted octanol–water partition coefficient (Wildman–Crippen LogP) is 4.17. The second kappa shape index (κ2) is 3.61. The maximum atomic E-state index is 8.90. The Morgan fingerprint density at radius 3 is 2.12 bits per heavy atom. The molecule has 0 atom stereocenters. The summed E-state index contributed by atoms with van der Waals surface area (Å²) in [6.45, 7) is 2.10. The number of nitriles is 1. The molecule has 17 heavy (non-hydrogen) atoms. The molecule has 80 valence electrons. The molecule has 0 aliphatic rings. The third-order valence-corrected chi connectivity index (χ3v) is 3.08. The highest BCUT2D eigenvalue weighted by Gasteiger charge is 1.99. The molecule has 3 aromatic rings. The van der Waals surface area contributed by atoms with Gasteiger partial charge in [0.2, 0.25) is 0 Å². The molecule has 0 amide bonds. The van der Waals surface area contributed by atoms with Crippen molar-refractivity contribution in [3.8, 4) is 6.07 Å². The first-order valence-electron chi connectivity index (χ1n) is 5.60. The number of rotatable bonds is 0. The Labute approximate surface area is 99.9 Å². The Morgan fingerprint density at radius 1 is 0.765 bits per heavy atom. The van der Waals surface area contributed by atoms with E-state index in [9.17, 15) is 0 Å². The van der Waals surface area contributed by atoms with E-state index in [1.807, 2.05) is 18.2 Å². The van der Waals surface area contributed by atoms with Crippen LogP contribution in [-0.4, -0.2) is 0 Å². The minimum Gasteiger partial charge on any atom is -0.192 e. The fraction of sp³-hybridized carbons (Fsp3) is 0.0625. The van der Waals surface area contributed by atoms with Gasteiger partial charge >= 0.3 is 0 Å². The zero-order chi connectivity index (χ0) is 11.8. The van der Waals surface area contributed by atoms with Crippen molar-refractivity contribution in [2.24, 2.45) is 0 Å². The van der Waals surface area contributed by atoms with Crippen LogP contribution in [0.25, 0.3) is 21.5 Å². The van der Waals surface area contributed by atoms with Gasteiger partial charge in [-0.15, -0.1) is 0 Å². The molecule has 0 spiro atoms. The topological polar surface area (TPSA) is 23.8 Å². The summed E-state index contributed by atoms with van der Waals surface area (Å²) in [5, 5.41) is 13.7. The molecule has 1 nitrogen and oxygen atoms in total. The van der Waals surface area contributed by atoms with E-state index in [1.165, 1.54) is 21.7 Å². The van der Waals surface area contributed by atoms with Gasteiger partial charge in [-0.25, -0.2) is 0 Å². The quantitative estimate of drug-likeness (QED) is 0.518. The van der Waals surface area contributed by atoms with Crippen molar-refractivity contribution >= 4 is 21.5 Å². The van der Waals surface area contributed by atoms with Crippen LogP contribution in [0.3, 0.4) is 0 Å². The maximum absolute atomic E-state index is 8.90. The van der Waals surface area contributed by atoms with Crippen molar-refractivity contribution in [3.63, 3.8) is 0 Å². The lowest BCUT2D eigenvalue weighted by Gasteiger charge is -2.03. The Hall–Kier alpha value is -2.33. The van der Waals surface area contributed by atoms with E-state index in [4.69, 9.17) is 5.26 Å². The Morgan fingerprint density at radius 2 is 1.41 bits per heavy atom. The second-order valence-electron chi connectivity index (χ2n) is 4.38. The van der Waals surface area contributed by atoms with Crippen LogP contribution >= 0.6 is 0 Å². The molecule has 0 aromatic heterocycles. The number of benzene rings is 3. The number of nitrogens with zero attached hydrogens (tertiary/aromatic N) is 1. The summed E-state index contributed by atoms with van der Waals surface area (Å²) in [7, 11) is 0. The summed E-state index contributed by atoms with van der Waals surface area (Å²) in [5.74, 6) is 0. The van der Waals surface area contributed by atoms with Gasteiger partial charge in [-0.3, -0.25) is 0 Å². The first-order chi connectivity index (χ1) is 8.26. The van der Waals surface area contributed by atoms with Gasteiger partial charge in [0, 0.05) is 0 Å². The summed E-state index contributed by atoms with van der Waals surface area (Å²) >= 11 is 0. The molecular weight excluding hydrogens is 206 g/mol. The van der Waals surface area contributed by atoms with Crippen molar-refractivity contribution in [2.75, 3.05) is 0 Å². The molecule has 0 radical (unpaired) electrons. The number of hydrogen-bond acceptors (Lipinski definition) is 1. The molecule has 0 fully saturated rings. The van der Waals surface area contributed by atoms with Crippen LogP contribution in [-0.2, 0) is 0 Å². The van der Waals surface area contributed by atoms with Gasteiger partial charge < -0.3 is 0 Å². The van der Waals surface area contributed by atoms with Crippen LogP contribution in [0.5, 0.6) is 0 Å². The molecule has 0 unspecified atom stereocenters. The van der Waals surface area contributed by atoms with Gasteiger partial charge in [0.05, 0.1) is 11.6 Å². The smallest absolute Gasteiger partial charge is 0.0991 e. The third kappa shape index (κ3) is 1.64. The molecule has 3 rings (SSSR count). The van der Waals surface area contributed by atoms with Crippen LogP contribution in [0.4, 0.5) is 0 Å². The summed E-state index contributed by atoms with van der Waals surface area (Å²) in [5.41, 5.74) is 1.98. The van der Waals surface area contributed by atoms with Crippen LogP contribution in [0.1, 0.15) is 11.1 Å². The van der Waals surface area contributed by atoms with Crippen molar-refractivity contribution in [1.82, 2.24) is 0 Å². The van der Waals surface area contributed by atoms with E-state index in [1.54, 1.807) is 0 Å². The first kappa shape index (κ1) is 9.86. The van der Waals surface area contributed by atoms with Gasteiger partial charge in [-0.2, -0.15) is 5.26 Å². The Bertz CT molecular complexity index is 763. The van der Waals surface area contributed by atoms with Crippen LogP contribution < -0.4 is 0 Å². The highest BCUT2D eigenvalue weighted by Crippen LogP contribution is 2.24. The molecule has 0 bridgehead atoms. The van der Waals surface area contributed by atoms with Crippen molar-refractivity contribution in [1.29, 1.82) is 5.26 Å². The number of aryl methyl sites for hydroxylation is 1. The normalized spacial score (nSPS) is 10.6. The zero-order valence-corrected chi connectivity index (χ0v) is 9.57. The fourth-order valence-electron chi connectivity index (χ4n) is 2.19. The summed E-state index contributed by atoms with van der Waals surface area (Å²) in [6.07, 6.45) is 0. The highest BCUT2D eigenvalue weighted by molar-refractivity contribution is 5.98. The highest BCUT2D eigenvalue weighted by atomic mass is 14.2. The molecular formula is C16H11N. The van der Waals surface area contributed by atoms with E-state index < -0.39 is 0 Å². The van der Waals surface area contributed by atoms with Crippen molar-refractivity contribution in [3.05, 3.63) is 59.7 Å². The minimum absolute atomic E-state index is 0.712. The lowest BCUT2D eigenvalue weighted by atomic mass is 10.0. The van der Waals surface area contributed by atoms with E-state index >= 15 is 0 Å². The SMILES string of the molecule is Cc1ccc2cc3cc(C#N)ccc3cc2c1. The van der Waals surface area contributed by atoms with Gasteiger partial charge in [-0.1, -0.05) is 29.8 Å². The van der Waals surface area contributed by atoms with Crippen molar-refractivity contribution < 1.29 is 0 Å². The number of fused-ring (bicyclic) bond motifs is 2. The zero-order valence-electron chi connectivity index (χ0n) is 9.57. The van der Waals surface area contributed by atoms with Gasteiger partial charge in [0.15, 0.2) is 0 Å².